The molecule has 13 heavy (non-hydrogen) atoms. The average molecular weight is 182 g/mol. The Morgan fingerprint density at radius 3 is 2.46 bits per heavy atom. The number of hydrogen-bond acceptors (Lipinski definition) is 3. The lowest BCUT2D eigenvalue weighted by atomic mass is 9.90. The van der Waals surface area contributed by atoms with E-state index in [0.29, 0.717) is 26.1 Å². The summed E-state index contributed by atoms with van der Waals surface area (Å²) >= 11 is 0. The van der Waals surface area contributed by atoms with Crippen LogP contribution in [0.3, 0.4) is 0 Å². The minimum Gasteiger partial charge on any atom is -0.381 e. The van der Waals surface area contributed by atoms with Crippen LogP contribution in [0.5, 0.6) is 0 Å². The van der Waals surface area contributed by atoms with Crippen LogP contribution in [0.1, 0.15) is 19.8 Å². The second kappa shape index (κ2) is 3.75. The molecule has 1 fully saturated rings. The topological polar surface area (TPSA) is 53.3 Å². The molecule has 4 heteroatoms. The molecule has 0 atom stereocenters. The minimum atomic E-state index is -0.635. The van der Waals surface area contributed by atoms with Crippen LogP contribution in [-0.2, 0) is 9.53 Å². The molecule has 0 aromatic carbocycles. The van der Waals surface area contributed by atoms with E-state index in [-0.39, 0.29) is 5.91 Å². The first-order valence-corrected chi connectivity index (χ1v) is 4.36. The van der Waals surface area contributed by atoms with Gasteiger partial charge in [-0.2, -0.15) is 5.26 Å². The number of amides is 1. The maximum Gasteiger partial charge on any atom is 0.220 e. The monoisotopic (exact) mass is 182 g/mol. The van der Waals surface area contributed by atoms with Gasteiger partial charge in [0.2, 0.25) is 5.91 Å². The Hall–Kier alpha value is -1.08. The molecule has 1 aliphatic heterocycles. The molecular weight excluding hydrogens is 168 g/mol. The van der Waals surface area contributed by atoms with Crippen LogP contribution in [0.4, 0.5) is 0 Å². The van der Waals surface area contributed by atoms with Crippen molar-refractivity contribution in [1.29, 1.82) is 5.26 Å². The van der Waals surface area contributed by atoms with Crippen molar-refractivity contribution in [2.75, 3.05) is 20.3 Å². The molecule has 1 amide bonds. The average Bonchev–Trinajstić information content (AvgIpc) is 2.17. The lowest BCUT2D eigenvalue weighted by molar-refractivity contribution is -0.134. The Balaban J connectivity index is 2.80. The third-order valence-electron chi connectivity index (χ3n) is 2.64. The van der Waals surface area contributed by atoms with Gasteiger partial charge >= 0.3 is 0 Å². The number of nitriles is 1. The summed E-state index contributed by atoms with van der Waals surface area (Å²) in [5.41, 5.74) is -0.635. The standard InChI is InChI=1S/C9H14N2O2/c1-8(12)11(2)9(7-10)3-5-13-6-4-9/h3-6H2,1-2H3. The van der Waals surface area contributed by atoms with Gasteiger partial charge < -0.3 is 9.64 Å². The number of rotatable bonds is 1. The van der Waals surface area contributed by atoms with E-state index in [1.54, 1.807) is 7.05 Å². The van der Waals surface area contributed by atoms with E-state index in [2.05, 4.69) is 6.07 Å². The molecular formula is C9H14N2O2. The largest absolute Gasteiger partial charge is 0.381 e. The Bertz CT molecular complexity index is 238. The second-order valence-corrected chi connectivity index (χ2v) is 3.33. The quantitative estimate of drug-likeness (QED) is 0.594. The summed E-state index contributed by atoms with van der Waals surface area (Å²) in [6, 6.07) is 2.22. The fourth-order valence-electron chi connectivity index (χ4n) is 1.53. The summed E-state index contributed by atoms with van der Waals surface area (Å²) in [7, 11) is 1.68. The van der Waals surface area contributed by atoms with E-state index in [1.807, 2.05) is 0 Å². The van der Waals surface area contributed by atoms with Crippen LogP contribution < -0.4 is 0 Å². The Labute approximate surface area is 78.1 Å². The van der Waals surface area contributed by atoms with Crippen molar-refractivity contribution in [2.24, 2.45) is 0 Å². The molecule has 0 unspecified atom stereocenters. The first kappa shape index (κ1) is 10.0. The normalized spacial score (nSPS) is 20.4. The third-order valence-corrected chi connectivity index (χ3v) is 2.64. The van der Waals surface area contributed by atoms with Gasteiger partial charge in [0.25, 0.3) is 0 Å². The maximum atomic E-state index is 11.1. The molecule has 1 saturated heterocycles. The predicted molar refractivity (Wildman–Crippen MR) is 46.8 cm³/mol. The van der Waals surface area contributed by atoms with Crippen molar-refractivity contribution in [2.45, 2.75) is 25.3 Å². The highest BCUT2D eigenvalue weighted by Gasteiger charge is 2.38. The van der Waals surface area contributed by atoms with Crippen LogP contribution in [0.25, 0.3) is 0 Å². The number of carbonyl (C=O) groups excluding carboxylic acids is 1. The number of ether oxygens (including phenoxy) is 1. The van der Waals surface area contributed by atoms with Crippen molar-refractivity contribution >= 4 is 5.91 Å². The molecule has 72 valence electrons. The van der Waals surface area contributed by atoms with Crippen molar-refractivity contribution in [3.8, 4) is 6.07 Å². The van der Waals surface area contributed by atoms with Crippen LogP contribution >= 0.6 is 0 Å². The number of carbonyl (C=O) groups is 1. The Morgan fingerprint density at radius 1 is 1.54 bits per heavy atom. The minimum absolute atomic E-state index is 0.0662. The highest BCUT2D eigenvalue weighted by molar-refractivity contribution is 5.74. The van der Waals surface area contributed by atoms with Crippen molar-refractivity contribution < 1.29 is 9.53 Å². The first-order valence-electron chi connectivity index (χ1n) is 4.36. The zero-order valence-corrected chi connectivity index (χ0v) is 8.04. The molecule has 0 aromatic heterocycles. The van der Waals surface area contributed by atoms with Crippen LogP contribution in [0.15, 0.2) is 0 Å². The lowest BCUT2D eigenvalue weighted by Gasteiger charge is -2.38. The van der Waals surface area contributed by atoms with Crippen molar-refractivity contribution in [3.63, 3.8) is 0 Å². The van der Waals surface area contributed by atoms with Crippen LogP contribution in [0, 0.1) is 11.3 Å². The summed E-state index contributed by atoms with van der Waals surface area (Å²) in [4.78, 5) is 12.7. The van der Waals surface area contributed by atoms with E-state index in [9.17, 15) is 4.79 Å². The maximum absolute atomic E-state index is 11.1. The summed E-state index contributed by atoms with van der Waals surface area (Å²) in [6.45, 7) is 2.60. The lowest BCUT2D eigenvalue weighted by Crippen LogP contribution is -2.51. The molecule has 0 radical (unpaired) electrons. The highest BCUT2D eigenvalue weighted by Crippen LogP contribution is 2.25. The molecule has 0 saturated carbocycles. The summed E-state index contributed by atoms with van der Waals surface area (Å²) in [5.74, 6) is -0.0662. The van der Waals surface area contributed by atoms with Gasteiger partial charge in [-0.1, -0.05) is 0 Å². The second-order valence-electron chi connectivity index (χ2n) is 3.33. The number of hydrogen-bond donors (Lipinski definition) is 0. The summed E-state index contributed by atoms with van der Waals surface area (Å²) in [6.07, 6.45) is 1.22. The highest BCUT2D eigenvalue weighted by atomic mass is 16.5. The van der Waals surface area contributed by atoms with Gasteiger partial charge in [-0.25, -0.2) is 0 Å². The zero-order chi connectivity index (χ0) is 9.90. The molecule has 0 aliphatic carbocycles. The summed E-state index contributed by atoms with van der Waals surface area (Å²) in [5, 5.41) is 9.06. The zero-order valence-electron chi connectivity index (χ0n) is 8.04. The van der Waals surface area contributed by atoms with Gasteiger partial charge in [0.1, 0.15) is 5.54 Å². The smallest absolute Gasteiger partial charge is 0.220 e. The van der Waals surface area contributed by atoms with E-state index in [1.165, 1.54) is 11.8 Å². The van der Waals surface area contributed by atoms with Gasteiger partial charge in [0.15, 0.2) is 0 Å². The van der Waals surface area contributed by atoms with E-state index in [0.717, 1.165) is 0 Å². The summed E-state index contributed by atoms with van der Waals surface area (Å²) < 4.78 is 5.17. The molecule has 1 rings (SSSR count). The van der Waals surface area contributed by atoms with Gasteiger partial charge in [-0.15, -0.1) is 0 Å². The van der Waals surface area contributed by atoms with Crippen LogP contribution in [-0.4, -0.2) is 36.6 Å². The molecule has 0 spiro atoms. The van der Waals surface area contributed by atoms with Gasteiger partial charge in [0, 0.05) is 40.0 Å². The molecule has 0 bridgehead atoms. The molecule has 0 aromatic rings. The van der Waals surface area contributed by atoms with Crippen molar-refractivity contribution in [1.82, 2.24) is 4.90 Å². The number of nitrogens with zero attached hydrogens (tertiary/aromatic N) is 2. The van der Waals surface area contributed by atoms with Crippen molar-refractivity contribution in [3.05, 3.63) is 0 Å². The fourth-order valence-corrected chi connectivity index (χ4v) is 1.53. The first-order chi connectivity index (χ1) is 6.12. The molecule has 1 aliphatic rings. The fraction of sp³-hybridized carbons (Fsp3) is 0.778. The Kier molecular flexibility index (Phi) is 2.89. The van der Waals surface area contributed by atoms with E-state index in [4.69, 9.17) is 10.00 Å². The Morgan fingerprint density at radius 2 is 2.08 bits per heavy atom. The van der Waals surface area contributed by atoms with E-state index < -0.39 is 5.54 Å². The van der Waals surface area contributed by atoms with Gasteiger partial charge in [-0.05, 0) is 0 Å². The molecule has 1 heterocycles. The van der Waals surface area contributed by atoms with Gasteiger partial charge in [0.05, 0.1) is 6.07 Å². The molecule has 0 N–H and O–H groups in total. The van der Waals surface area contributed by atoms with Gasteiger partial charge in [-0.3, -0.25) is 4.79 Å². The van der Waals surface area contributed by atoms with Crippen LogP contribution in [0.2, 0.25) is 0 Å². The SMILES string of the molecule is CC(=O)N(C)C1(C#N)CCOCC1. The third kappa shape index (κ3) is 1.81. The molecule has 4 nitrogen and oxygen atoms in total. The van der Waals surface area contributed by atoms with E-state index >= 15 is 0 Å². The predicted octanol–water partition coefficient (Wildman–Crippen LogP) is 0.537.